The van der Waals surface area contributed by atoms with Crippen LogP contribution in [-0.4, -0.2) is 9.13 Å². The van der Waals surface area contributed by atoms with Crippen molar-refractivity contribution in [1.29, 1.82) is 0 Å². The summed E-state index contributed by atoms with van der Waals surface area (Å²) in [6, 6.07) is 81.0. The van der Waals surface area contributed by atoms with Crippen LogP contribution in [0.15, 0.2) is 224 Å². The highest BCUT2D eigenvalue weighted by atomic mass is 15.1. The second-order valence-corrected chi connectivity index (χ2v) is 14.6. The number of rotatable bonds is 7. The minimum Gasteiger partial charge on any atom is -0.310 e. The van der Waals surface area contributed by atoms with E-state index in [-0.39, 0.29) is 0 Å². The van der Waals surface area contributed by atoms with Gasteiger partial charge in [-0.05, 0) is 102 Å². The Bertz CT molecular complexity index is 3160. The molecule has 268 valence electrons. The van der Waals surface area contributed by atoms with Gasteiger partial charge in [-0.1, -0.05) is 140 Å². The Morgan fingerprint density at radius 1 is 0.281 bits per heavy atom. The van der Waals surface area contributed by atoms with E-state index in [9.17, 15) is 0 Å². The van der Waals surface area contributed by atoms with E-state index in [4.69, 9.17) is 0 Å². The van der Waals surface area contributed by atoms with Crippen LogP contribution in [-0.2, 0) is 0 Å². The predicted octanol–water partition coefficient (Wildman–Crippen LogP) is 14.7. The molecule has 2 heterocycles. The lowest BCUT2D eigenvalue weighted by Gasteiger charge is -2.28. The number of aromatic nitrogens is 2. The van der Waals surface area contributed by atoms with Gasteiger partial charge in [-0.15, -0.1) is 0 Å². The molecule has 0 aliphatic carbocycles. The average Bonchev–Trinajstić information content (AvgIpc) is 3.80. The third-order valence-corrected chi connectivity index (χ3v) is 11.3. The maximum Gasteiger partial charge on any atom is 0.0541 e. The van der Waals surface area contributed by atoms with Crippen LogP contribution < -0.4 is 4.90 Å². The molecule has 3 heteroatoms. The quantitative estimate of drug-likeness (QED) is 0.159. The number of hydrogen-bond donors (Lipinski definition) is 0. The zero-order chi connectivity index (χ0) is 37.7. The van der Waals surface area contributed by atoms with E-state index in [0.29, 0.717) is 0 Å². The van der Waals surface area contributed by atoms with E-state index < -0.39 is 0 Å². The van der Waals surface area contributed by atoms with Gasteiger partial charge < -0.3 is 14.0 Å². The molecule has 0 saturated carbocycles. The molecule has 2 aromatic heterocycles. The fourth-order valence-corrected chi connectivity index (χ4v) is 8.72. The molecule has 0 bridgehead atoms. The Hall–Kier alpha value is -7.62. The van der Waals surface area contributed by atoms with Gasteiger partial charge in [-0.25, -0.2) is 0 Å². The fourth-order valence-electron chi connectivity index (χ4n) is 8.72. The van der Waals surface area contributed by atoms with Crippen molar-refractivity contribution >= 4 is 60.7 Å². The van der Waals surface area contributed by atoms with Crippen LogP contribution >= 0.6 is 0 Å². The van der Waals surface area contributed by atoms with E-state index in [0.717, 1.165) is 22.7 Å². The molecule has 9 aromatic carbocycles. The summed E-state index contributed by atoms with van der Waals surface area (Å²) < 4.78 is 4.74. The molecule has 11 aromatic rings. The molecular formula is C54H37N3. The van der Waals surface area contributed by atoms with Crippen molar-refractivity contribution in [3.8, 4) is 33.6 Å². The van der Waals surface area contributed by atoms with Crippen LogP contribution in [0, 0.1) is 0 Å². The number of benzene rings is 9. The first-order valence-corrected chi connectivity index (χ1v) is 19.5. The van der Waals surface area contributed by atoms with E-state index in [2.05, 4.69) is 238 Å². The highest BCUT2D eigenvalue weighted by molar-refractivity contribution is 6.11. The van der Waals surface area contributed by atoms with Gasteiger partial charge in [0.2, 0.25) is 0 Å². The Morgan fingerprint density at radius 2 is 0.719 bits per heavy atom. The van der Waals surface area contributed by atoms with Crippen LogP contribution in [0.25, 0.3) is 77.2 Å². The van der Waals surface area contributed by atoms with E-state index >= 15 is 0 Å². The summed E-state index contributed by atoms with van der Waals surface area (Å²) in [4.78, 5) is 2.39. The van der Waals surface area contributed by atoms with Gasteiger partial charge in [0, 0.05) is 49.9 Å². The SMILES string of the molecule is c1ccc(-c2ccccc2N(c2ccc(-c3ccc4c(c3)c3ccccc3n4-c3ccccc3)cc2)c2ccc(-n3c4ccccc4c4ccccc43)cc2)cc1. The minimum absolute atomic E-state index is 1.09. The Morgan fingerprint density at radius 3 is 1.33 bits per heavy atom. The van der Waals surface area contributed by atoms with E-state index in [1.165, 1.54) is 71.6 Å². The van der Waals surface area contributed by atoms with E-state index in [1.807, 2.05) is 0 Å². The predicted molar refractivity (Wildman–Crippen MR) is 241 cm³/mol. The van der Waals surface area contributed by atoms with Crippen LogP contribution in [0.5, 0.6) is 0 Å². The second-order valence-electron chi connectivity index (χ2n) is 14.6. The zero-order valence-corrected chi connectivity index (χ0v) is 31.2. The van der Waals surface area contributed by atoms with Gasteiger partial charge in [0.25, 0.3) is 0 Å². The molecule has 0 spiro atoms. The standard InChI is InChI=1S/C54H37N3/c1-3-15-39(16-4-1)45-19-7-11-23-50(45)55(43-32-34-44(35-33-43)57-51-24-12-8-20-46(51)47-21-9-13-25-52(47)57)42-30-27-38(28-31-42)40-29-36-54-49(37-40)48-22-10-14-26-53(48)56(54)41-17-5-2-6-18-41/h1-37H. The summed E-state index contributed by atoms with van der Waals surface area (Å²) in [7, 11) is 0. The summed E-state index contributed by atoms with van der Waals surface area (Å²) in [5, 5.41) is 5.02. The van der Waals surface area contributed by atoms with Gasteiger partial charge >= 0.3 is 0 Å². The lowest BCUT2D eigenvalue weighted by Crippen LogP contribution is -2.11. The van der Waals surface area contributed by atoms with Crippen LogP contribution in [0.3, 0.4) is 0 Å². The first-order valence-electron chi connectivity index (χ1n) is 19.5. The lowest BCUT2D eigenvalue weighted by molar-refractivity contribution is 1.17. The maximum atomic E-state index is 2.39. The van der Waals surface area contributed by atoms with E-state index in [1.54, 1.807) is 0 Å². The van der Waals surface area contributed by atoms with Crippen molar-refractivity contribution < 1.29 is 0 Å². The van der Waals surface area contributed by atoms with Crippen LogP contribution in [0.1, 0.15) is 0 Å². The number of nitrogens with zero attached hydrogens (tertiary/aromatic N) is 3. The molecule has 0 saturated heterocycles. The third-order valence-electron chi connectivity index (χ3n) is 11.3. The Kier molecular flexibility index (Phi) is 7.82. The minimum atomic E-state index is 1.09. The second kappa shape index (κ2) is 13.6. The van der Waals surface area contributed by atoms with Crippen molar-refractivity contribution in [2.75, 3.05) is 4.90 Å². The molecule has 0 unspecified atom stereocenters. The molecule has 0 radical (unpaired) electrons. The normalized spacial score (nSPS) is 11.5. The van der Waals surface area contributed by atoms with Gasteiger partial charge in [0.1, 0.15) is 0 Å². The van der Waals surface area contributed by atoms with Crippen molar-refractivity contribution in [2.24, 2.45) is 0 Å². The van der Waals surface area contributed by atoms with Gasteiger partial charge in [0.15, 0.2) is 0 Å². The van der Waals surface area contributed by atoms with Crippen molar-refractivity contribution in [2.45, 2.75) is 0 Å². The monoisotopic (exact) mass is 727 g/mol. The molecule has 0 aliphatic heterocycles. The average molecular weight is 728 g/mol. The topological polar surface area (TPSA) is 13.1 Å². The molecule has 57 heavy (non-hydrogen) atoms. The van der Waals surface area contributed by atoms with Crippen LogP contribution in [0.4, 0.5) is 17.1 Å². The van der Waals surface area contributed by atoms with Crippen molar-refractivity contribution in [3.63, 3.8) is 0 Å². The maximum absolute atomic E-state index is 2.39. The summed E-state index contributed by atoms with van der Waals surface area (Å²) in [5.74, 6) is 0. The first-order chi connectivity index (χ1) is 28.3. The summed E-state index contributed by atoms with van der Waals surface area (Å²) in [6.07, 6.45) is 0. The fraction of sp³-hybridized carbons (Fsp3) is 0. The highest BCUT2D eigenvalue weighted by Gasteiger charge is 2.19. The third kappa shape index (κ3) is 5.51. The number of para-hydroxylation sites is 5. The van der Waals surface area contributed by atoms with Gasteiger partial charge in [-0.2, -0.15) is 0 Å². The molecule has 11 rings (SSSR count). The molecular weight excluding hydrogens is 691 g/mol. The number of hydrogen-bond acceptors (Lipinski definition) is 1. The van der Waals surface area contributed by atoms with Crippen LogP contribution in [0.2, 0.25) is 0 Å². The number of fused-ring (bicyclic) bond motifs is 6. The molecule has 0 N–H and O–H groups in total. The Balaban J connectivity index is 1.03. The largest absolute Gasteiger partial charge is 0.310 e. The summed E-state index contributed by atoms with van der Waals surface area (Å²) >= 11 is 0. The molecule has 0 atom stereocenters. The van der Waals surface area contributed by atoms with Crippen molar-refractivity contribution in [3.05, 3.63) is 224 Å². The molecule has 0 fully saturated rings. The molecule has 0 aliphatic rings. The highest BCUT2D eigenvalue weighted by Crippen LogP contribution is 2.42. The van der Waals surface area contributed by atoms with Gasteiger partial charge in [0.05, 0.1) is 27.8 Å². The Labute approximate surface area is 331 Å². The zero-order valence-electron chi connectivity index (χ0n) is 31.2. The molecule has 0 amide bonds. The van der Waals surface area contributed by atoms with Gasteiger partial charge in [-0.3, -0.25) is 0 Å². The summed E-state index contributed by atoms with van der Waals surface area (Å²) in [5.41, 5.74) is 15.1. The lowest BCUT2D eigenvalue weighted by atomic mass is 10.0. The smallest absolute Gasteiger partial charge is 0.0541 e. The van der Waals surface area contributed by atoms with Crippen molar-refractivity contribution in [1.82, 2.24) is 9.13 Å². The first kappa shape index (κ1) is 32.8. The summed E-state index contributed by atoms with van der Waals surface area (Å²) in [6.45, 7) is 0. The number of anilines is 3. The molecule has 3 nitrogen and oxygen atoms in total.